The number of aromatic nitrogens is 4. The molecule has 1 unspecified atom stereocenters. The van der Waals surface area contributed by atoms with E-state index in [2.05, 4.69) is 32.5 Å². The number of nitrogens with one attached hydrogen (secondary N) is 2. The van der Waals surface area contributed by atoms with Crippen molar-refractivity contribution in [2.45, 2.75) is 5.92 Å². The third kappa shape index (κ3) is 4.21. The molecule has 0 aliphatic rings. The monoisotopic (exact) mass is 437 g/mol. The van der Waals surface area contributed by atoms with E-state index in [4.69, 9.17) is 4.74 Å². The van der Waals surface area contributed by atoms with Crippen LogP contribution in [0.5, 0.6) is 5.75 Å². The van der Waals surface area contributed by atoms with Gasteiger partial charge in [-0.15, -0.1) is 0 Å². The van der Waals surface area contributed by atoms with Crippen LogP contribution in [0.4, 0.5) is 0 Å². The van der Waals surface area contributed by atoms with Gasteiger partial charge in [0.25, 0.3) is 5.91 Å². The molecule has 3 heterocycles. The number of hydrogen-bond donors (Lipinski definition) is 2. The summed E-state index contributed by atoms with van der Waals surface area (Å²) in [5, 5.41) is 8.39. The number of aromatic amines is 1. The Balaban J connectivity index is 1.39. The second kappa shape index (κ2) is 9.00. The number of para-hydroxylation sites is 1. The molecule has 5 aromatic rings. The molecule has 0 aliphatic carbocycles. The van der Waals surface area contributed by atoms with Gasteiger partial charge < -0.3 is 15.0 Å². The number of fused-ring (bicyclic) bond motifs is 1. The van der Waals surface area contributed by atoms with Gasteiger partial charge in [-0.1, -0.05) is 30.3 Å². The summed E-state index contributed by atoms with van der Waals surface area (Å²) in [6, 6.07) is 21.5. The minimum atomic E-state index is -0.173. The first-order valence-corrected chi connectivity index (χ1v) is 10.7. The maximum absolute atomic E-state index is 12.9. The number of H-pyrrole nitrogens is 1. The Labute approximate surface area is 191 Å². The van der Waals surface area contributed by atoms with Crippen LogP contribution >= 0.6 is 0 Å². The minimum Gasteiger partial charge on any atom is -0.497 e. The van der Waals surface area contributed by atoms with E-state index in [0.717, 1.165) is 27.8 Å². The Morgan fingerprint density at radius 1 is 1.09 bits per heavy atom. The molecule has 5 rings (SSSR count). The van der Waals surface area contributed by atoms with Crippen LogP contribution in [0.15, 0.2) is 91.5 Å². The summed E-state index contributed by atoms with van der Waals surface area (Å²) in [6.07, 6.45) is 7.08. The molecule has 164 valence electrons. The molecular weight excluding hydrogens is 414 g/mol. The highest BCUT2D eigenvalue weighted by Gasteiger charge is 2.20. The van der Waals surface area contributed by atoms with Gasteiger partial charge in [-0.3, -0.25) is 4.79 Å². The fraction of sp³-hybridized carbons (Fsp3) is 0.115. The maximum atomic E-state index is 12.9. The summed E-state index contributed by atoms with van der Waals surface area (Å²) >= 11 is 0. The number of amides is 1. The van der Waals surface area contributed by atoms with Crippen LogP contribution in [0.1, 0.15) is 27.4 Å². The Morgan fingerprint density at radius 3 is 2.67 bits per heavy atom. The molecule has 0 saturated heterocycles. The minimum absolute atomic E-state index is 0.0349. The van der Waals surface area contributed by atoms with Gasteiger partial charge in [0.2, 0.25) is 0 Å². The van der Waals surface area contributed by atoms with Crippen molar-refractivity contribution in [3.63, 3.8) is 0 Å². The van der Waals surface area contributed by atoms with Gasteiger partial charge in [-0.2, -0.15) is 5.10 Å². The lowest BCUT2D eigenvalue weighted by molar-refractivity contribution is 0.0952. The number of hydrogen-bond acceptors (Lipinski definition) is 4. The molecule has 0 aliphatic heterocycles. The molecule has 2 N–H and O–H groups in total. The van der Waals surface area contributed by atoms with Gasteiger partial charge in [0.1, 0.15) is 5.75 Å². The lowest BCUT2D eigenvalue weighted by atomic mass is 9.90. The van der Waals surface area contributed by atoms with Crippen molar-refractivity contribution >= 4 is 16.8 Å². The predicted octanol–water partition coefficient (Wildman–Crippen LogP) is 4.32. The number of methoxy groups -OCH3 is 1. The van der Waals surface area contributed by atoms with Gasteiger partial charge in [0.15, 0.2) is 5.82 Å². The van der Waals surface area contributed by atoms with E-state index in [1.165, 1.54) is 0 Å². The molecule has 2 aromatic carbocycles. The standard InChI is InChI=1S/C26H23N5O2/c1-33-20-10-7-18(8-11-20)22(23-17-27-24-6-3-2-5-21(23)24)16-29-26(32)19-9-12-25(28-15-19)31-14-4-13-30-31/h2-15,17,22,27H,16H2,1H3,(H,29,32). The molecule has 0 bridgehead atoms. The van der Waals surface area contributed by atoms with Gasteiger partial charge in [-0.05, 0) is 47.5 Å². The highest BCUT2D eigenvalue weighted by Crippen LogP contribution is 2.31. The topological polar surface area (TPSA) is 84.8 Å². The highest BCUT2D eigenvalue weighted by atomic mass is 16.5. The highest BCUT2D eigenvalue weighted by molar-refractivity contribution is 5.94. The zero-order chi connectivity index (χ0) is 22.6. The molecule has 0 saturated carbocycles. The fourth-order valence-corrected chi connectivity index (χ4v) is 3.98. The van der Waals surface area contributed by atoms with Crippen molar-refractivity contribution in [3.8, 4) is 11.6 Å². The second-order valence-corrected chi connectivity index (χ2v) is 7.68. The predicted molar refractivity (Wildman–Crippen MR) is 127 cm³/mol. The third-order valence-electron chi connectivity index (χ3n) is 5.73. The Bertz CT molecular complexity index is 1360. The van der Waals surface area contributed by atoms with Crippen LogP contribution in [0.2, 0.25) is 0 Å². The molecule has 1 atom stereocenters. The molecule has 0 fully saturated rings. The van der Waals surface area contributed by atoms with Crippen molar-refractivity contribution in [1.29, 1.82) is 0 Å². The summed E-state index contributed by atoms with van der Waals surface area (Å²) in [7, 11) is 1.65. The van der Waals surface area contributed by atoms with Crippen molar-refractivity contribution in [3.05, 3.63) is 108 Å². The molecule has 7 heteroatoms. The number of carbonyl (C=O) groups is 1. The van der Waals surface area contributed by atoms with Crippen LogP contribution in [0, 0.1) is 0 Å². The zero-order valence-corrected chi connectivity index (χ0v) is 18.1. The molecule has 33 heavy (non-hydrogen) atoms. The Morgan fingerprint density at radius 2 is 1.94 bits per heavy atom. The van der Waals surface area contributed by atoms with Crippen LogP contribution in [0.3, 0.4) is 0 Å². The van der Waals surface area contributed by atoms with E-state index >= 15 is 0 Å². The summed E-state index contributed by atoms with van der Waals surface area (Å²) in [5.41, 5.74) is 3.78. The number of pyridine rings is 1. The molecule has 0 radical (unpaired) electrons. The van der Waals surface area contributed by atoms with Crippen molar-refractivity contribution in [2.24, 2.45) is 0 Å². The first-order chi connectivity index (χ1) is 16.2. The molecule has 7 nitrogen and oxygen atoms in total. The van der Waals surface area contributed by atoms with Gasteiger partial charge in [0.05, 0.1) is 12.7 Å². The number of rotatable bonds is 7. The van der Waals surface area contributed by atoms with E-state index in [1.807, 2.05) is 54.9 Å². The number of nitrogens with zero attached hydrogens (tertiary/aromatic N) is 3. The van der Waals surface area contributed by atoms with Gasteiger partial charge in [-0.25, -0.2) is 9.67 Å². The SMILES string of the molecule is COc1ccc(C(CNC(=O)c2ccc(-n3cccn3)nc2)c2c[nH]c3ccccc23)cc1. The Kier molecular flexibility index (Phi) is 5.59. The molecule has 3 aromatic heterocycles. The molecule has 0 spiro atoms. The van der Waals surface area contributed by atoms with Crippen LogP contribution < -0.4 is 10.1 Å². The van der Waals surface area contributed by atoms with Gasteiger partial charge in [0, 0.05) is 48.2 Å². The van der Waals surface area contributed by atoms with Crippen LogP contribution in [-0.2, 0) is 0 Å². The number of carbonyl (C=O) groups excluding carboxylic acids is 1. The van der Waals surface area contributed by atoms with E-state index < -0.39 is 0 Å². The lowest BCUT2D eigenvalue weighted by Gasteiger charge is -2.19. The second-order valence-electron chi connectivity index (χ2n) is 7.68. The zero-order valence-electron chi connectivity index (χ0n) is 18.1. The largest absolute Gasteiger partial charge is 0.497 e. The summed E-state index contributed by atoms with van der Waals surface area (Å²) in [4.78, 5) is 20.6. The van der Waals surface area contributed by atoms with E-state index in [-0.39, 0.29) is 11.8 Å². The number of benzene rings is 2. The number of ether oxygens (including phenoxy) is 1. The fourth-order valence-electron chi connectivity index (χ4n) is 3.98. The maximum Gasteiger partial charge on any atom is 0.252 e. The van der Waals surface area contributed by atoms with Crippen molar-refractivity contribution < 1.29 is 9.53 Å². The third-order valence-corrected chi connectivity index (χ3v) is 5.73. The quantitative estimate of drug-likeness (QED) is 0.397. The average Bonchev–Trinajstić information content (AvgIpc) is 3.55. The van der Waals surface area contributed by atoms with Crippen LogP contribution in [-0.4, -0.2) is 39.3 Å². The lowest BCUT2D eigenvalue weighted by Crippen LogP contribution is -2.29. The van der Waals surface area contributed by atoms with E-state index in [0.29, 0.717) is 17.9 Å². The van der Waals surface area contributed by atoms with E-state index in [1.54, 1.807) is 36.3 Å². The van der Waals surface area contributed by atoms with Crippen molar-refractivity contribution in [1.82, 2.24) is 25.1 Å². The summed E-state index contributed by atoms with van der Waals surface area (Å²) in [5.74, 6) is 1.25. The summed E-state index contributed by atoms with van der Waals surface area (Å²) in [6.45, 7) is 0.438. The average molecular weight is 438 g/mol. The normalized spacial score (nSPS) is 11.9. The molecule has 1 amide bonds. The summed E-state index contributed by atoms with van der Waals surface area (Å²) < 4.78 is 6.96. The molecular formula is C26H23N5O2. The Hall–Kier alpha value is -4.39. The first kappa shape index (κ1) is 20.5. The van der Waals surface area contributed by atoms with Crippen molar-refractivity contribution in [2.75, 3.05) is 13.7 Å². The van der Waals surface area contributed by atoms with Gasteiger partial charge >= 0.3 is 0 Å². The van der Waals surface area contributed by atoms with Crippen LogP contribution in [0.25, 0.3) is 16.7 Å². The van der Waals surface area contributed by atoms with E-state index in [9.17, 15) is 4.79 Å². The first-order valence-electron chi connectivity index (χ1n) is 10.7. The smallest absolute Gasteiger partial charge is 0.252 e.